The molecule has 1 unspecified atom stereocenters. The summed E-state index contributed by atoms with van der Waals surface area (Å²) in [5.41, 5.74) is 1.38. The lowest BCUT2D eigenvalue weighted by Gasteiger charge is -2.23. The molecule has 1 aromatic rings. The van der Waals surface area contributed by atoms with E-state index in [1.807, 2.05) is 11.8 Å². The van der Waals surface area contributed by atoms with Crippen LogP contribution in [0.5, 0.6) is 5.75 Å². The lowest BCUT2D eigenvalue weighted by Crippen LogP contribution is -2.22. The van der Waals surface area contributed by atoms with Crippen LogP contribution in [-0.4, -0.2) is 24.2 Å². The average Bonchev–Trinajstić information content (AvgIpc) is 2.94. The Bertz CT molecular complexity index is 384. The summed E-state index contributed by atoms with van der Waals surface area (Å²) in [6, 6.07) is 9.20. The molecule has 3 heteroatoms. The van der Waals surface area contributed by atoms with E-state index in [4.69, 9.17) is 4.74 Å². The van der Waals surface area contributed by atoms with E-state index < -0.39 is 0 Å². The van der Waals surface area contributed by atoms with Crippen LogP contribution >= 0.6 is 11.8 Å². The highest BCUT2D eigenvalue weighted by atomic mass is 32.2. The van der Waals surface area contributed by atoms with Gasteiger partial charge in [-0.1, -0.05) is 12.1 Å². The largest absolute Gasteiger partial charge is 0.490 e. The predicted molar refractivity (Wildman–Crippen MR) is 77.4 cm³/mol. The predicted octanol–water partition coefficient (Wildman–Crippen LogP) is 3.39. The maximum atomic E-state index is 6.11. The number of ether oxygens (including phenoxy) is 1. The minimum absolute atomic E-state index is 0.429. The fraction of sp³-hybridized carbons (Fsp3) is 0.600. The van der Waals surface area contributed by atoms with Gasteiger partial charge in [-0.15, -0.1) is 0 Å². The van der Waals surface area contributed by atoms with Gasteiger partial charge in [-0.05, 0) is 61.4 Å². The number of nitrogens with one attached hydrogen (secondary N) is 1. The molecule has 2 nitrogen and oxygen atoms in total. The van der Waals surface area contributed by atoms with Crippen molar-refractivity contribution in [2.75, 3.05) is 18.1 Å². The highest BCUT2D eigenvalue weighted by Gasteiger charge is 2.18. The lowest BCUT2D eigenvalue weighted by atomic mass is 10.1. The van der Waals surface area contributed by atoms with Gasteiger partial charge in [-0.3, -0.25) is 0 Å². The Morgan fingerprint density at radius 3 is 2.83 bits per heavy atom. The Morgan fingerprint density at radius 1 is 1.17 bits per heavy atom. The van der Waals surface area contributed by atoms with E-state index >= 15 is 0 Å². The standard InChI is InChI=1S/C15H21NOS/c1-3-12(15-5-2-8-16-15)11-14(4-1)17-13-6-9-18-10-7-13/h1,3-4,11,13,15-16H,2,5-10H2. The van der Waals surface area contributed by atoms with Crippen molar-refractivity contribution in [3.63, 3.8) is 0 Å². The van der Waals surface area contributed by atoms with Crippen molar-refractivity contribution >= 4 is 11.8 Å². The molecule has 2 saturated heterocycles. The minimum Gasteiger partial charge on any atom is -0.490 e. The first-order valence-corrected chi connectivity index (χ1v) is 8.15. The van der Waals surface area contributed by atoms with Crippen LogP contribution in [0.3, 0.4) is 0 Å². The Labute approximate surface area is 113 Å². The quantitative estimate of drug-likeness (QED) is 0.903. The van der Waals surface area contributed by atoms with Crippen molar-refractivity contribution in [1.29, 1.82) is 0 Å². The summed E-state index contributed by atoms with van der Waals surface area (Å²) >= 11 is 2.04. The fourth-order valence-electron chi connectivity index (χ4n) is 2.76. The Morgan fingerprint density at radius 2 is 2.06 bits per heavy atom. The number of hydrogen-bond donors (Lipinski definition) is 1. The van der Waals surface area contributed by atoms with Gasteiger partial charge in [0, 0.05) is 6.04 Å². The maximum absolute atomic E-state index is 6.11. The molecule has 0 bridgehead atoms. The molecule has 0 spiro atoms. The summed E-state index contributed by atoms with van der Waals surface area (Å²) in [5, 5.41) is 3.54. The molecule has 1 aromatic carbocycles. The van der Waals surface area contributed by atoms with Crippen molar-refractivity contribution in [3.8, 4) is 5.75 Å². The number of thioether (sulfide) groups is 1. The summed E-state index contributed by atoms with van der Waals surface area (Å²) in [7, 11) is 0. The molecule has 0 aliphatic carbocycles. The molecule has 2 aliphatic rings. The normalized spacial score (nSPS) is 25.2. The van der Waals surface area contributed by atoms with Crippen molar-refractivity contribution in [2.24, 2.45) is 0 Å². The first-order chi connectivity index (χ1) is 8.92. The van der Waals surface area contributed by atoms with Gasteiger partial charge in [0.25, 0.3) is 0 Å². The van der Waals surface area contributed by atoms with E-state index in [1.54, 1.807) is 0 Å². The van der Waals surface area contributed by atoms with Gasteiger partial charge in [0.15, 0.2) is 0 Å². The van der Waals surface area contributed by atoms with Crippen molar-refractivity contribution in [3.05, 3.63) is 29.8 Å². The van der Waals surface area contributed by atoms with Crippen LogP contribution in [0.15, 0.2) is 24.3 Å². The topological polar surface area (TPSA) is 21.3 Å². The molecule has 3 rings (SSSR count). The molecule has 1 atom stereocenters. The van der Waals surface area contributed by atoms with E-state index in [1.165, 1.54) is 42.8 Å². The third kappa shape index (κ3) is 3.01. The zero-order valence-corrected chi connectivity index (χ0v) is 11.5. The molecular weight excluding hydrogens is 242 g/mol. The van der Waals surface area contributed by atoms with Crippen LogP contribution in [0.2, 0.25) is 0 Å². The second-order valence-electron chi connectivity index (χ2n) is 5.15. The summed E-state index contributed by atoms with van der Waals surface area (Å²) in [5.74, 6) is 3.54. The fourth-order valence-corrected chi connectivity index (χ4v) is 3.82. The van der Waals surface area contributed by atoms with Gasteiger partial charge in [-0.2, -0.15) is 11.8 Å². The third-order valence-corrected chi connectivity index (χ3v) is 4.84. The number of benzene rings is 1. The molecule has 2 heterocycles. The lowest BCUT2D eigenvalue weighted by molar-refractivity contribution is 0.192. The molecule has 2 fully saturated rings. The molecule has 0 saturated carbocycles. The van der Waals surface area contributed by atoms with Gasteiger partial charge < -0.3 is 10.1 Å². The number of rotatable bonds is 3. The molecule has 0 radical (unpaired) electrons. The molecular formula is C15H21NOS. The average molecular weight is 263 g/mol. The Kier molecular flexibility index (Phi) is 4.11. The van der Waals surface area contributed by atoms with E-state index in [9.17, 15) is 0 Å². The molecule has 2 aliphatic heterocycles. The molecule has 1 N–H and O–H groups in total. The minimum atomic E-state index is 0.429. The second-order valence-corrected chi connectivity index (χ2v) is 6.38. The first-order valence-electron chi connectivity index (χ1n) is 6.99. The van der Waals surface area contributed by atoms with Crippen molar-refractivity contribution < 1.29 is 4.74 Å². The van der Waals surface area contributed by atoms with Crippen LogP contribution in [-0.2, 0) is 0 Å². The monoisotopic (exact) mass is 263 g/mol. The highest BCUT2D eigenvalue weighted by molar-refractivity contribution is 7.99. The highest BCUT2D eigenvalue weighted by Crippen LogP contribution is 2.28. The van der Waals surface area contributed by atoms with Crippen LogP contribution in [0.1, 0.15) is 37.3 Å². The zero-order chi connectivity index (χ0) is 12.2. The third-order valence-electron chi connectivity index (χ3n) is 3.79. The van der Waals surface area contributed by atoms with E-state index in [0.29, 0.717) is 12.1 Å². The van der Waals surface area contributed by atoms with Crippen LogP contribution < -0.4 is 10.1 Å². The summed E-state index contributed by atoms with van der Waals surface area (Å²) in [6.45, 7) is 1.15. The second kappa shape index (κ2) is 5.98. The van der Waals surface area contributed by atoms with E-state index in [2.05, 4.69) is 29.6 Å². The van der Waals surface area contributed by atoms with Gasteiger partial charge in [-0.25, -0.2) is 0 Å². The Hall–Kier alpha value is -0.670. The Balaban J connectivity index is 1.66. The SMILES string of the molecule is c1cc(OC2CCSCC2)cc(C2CCCN2)c1. The molecule has 18 heavy (non-hydrogen) atoms. The van der Waals surface area contributed by atoms with E-state index in [0.717, 1.165) is 12.3 Å². The van der Waals surface area contributed by atoms with Gasteiger partial charge in [0.2, 0.25) is 0 Å². The summed E-state index contributed by atoms with van der Waals surface area (Å²) in [6.07, 6.45) is 5.35. The van der Waals surface area contributed by atoms with Crippen LogP contribution in [0.25, 0.3) is 0 Å². The summed E-state index contributed by atoms with van der Waals surface area (Å²) < 4.78 is 6.11. The number of hydrogen-bond acceptors (Lipinski definition) is 3. The first kappa shape index (κ1) is 12.4. The van der Waals surface area contributed by atoms with Gasteiger partial charge in [0.1, 0.15) is 11.9 Å². The molecule has 0 aromatic heterocycles. The van der Waals surface area contributed by atoms with Gasteiger partial charge in [0.05, 0.1) is 0 Å². The maximum Gasteiger partial charge on any atom is 0.120 e. The molecule has 0 amide bonds. The van der Waals surface area contributed by atoms with Crippen molar-refractivity contribution in [1.82, 2.24) is 5.32 Å². The van der Waals surface area contributed by atoms with Crippen LogP contribution in [0, 0.1) is 0 Å². The molecule has 98 valence electrons. The van der Waals surface area contributed by atoms with Gasteiger partial charge >= 0.3 is 0 Å². The van der Waals surface area contributed by atoms with Crippen LogP contribution in [0.4, 0.5) is 0 Å². The zero-order valence-electron chi connectivity index (χ0n) is 10.7. The van der Waals surface area contributed by atoms with Crippen molar-refractivity contribution in [2.45, 2.75) is 37.8 Å². The smallest absolute Gasteiger partial charge is 0.120 e. The summed E-state index contributed by atoms with van der Waals surface area (Å²) in [4.78, 5) is 0. The van der Waals surface area contributed by atoms with E-state index in [-0.39, 0.29) is 0 Å².